The van der Waals surface area contributed by atoms with Crippen molar-refractivity contribution in [1.82, 2.24) is 10.6 Å². The summed E-state index contributed by atoms with van der Waals surface area (Å²) in [5.74, 6) is -0.840. The van der Waals surface area contributed by atoms with Gasteiger partial charge in [-0.25, -0.2) is 4.79 Å². The van der Waals surface area contributed by atoms with E-state index < -0.39 is 23.0 Å². The van der Waals surface area contributed by atoms with Crippen LogP contribution in [0, 0.1) is 11.3 Å². The zero-order chi connectivity index (χ0) is 24.1. The van der Waals surface area contributed by atoms with Crippen LogP contribution in [0.15, 0.2) is 48.5 Å². The van der Waals surface area contributed by atoms with Gasteiger partial charge in [-0.2, -0.15) is 0 Å². The second-order valence-electron chi connectivity index (χ2n) is 10.6. The topological polar surface area (TPSA) is 105 Å². The summed E-state index contributed by atoms with van der Waals surface area (Å²) in [6, 6.07) is 16.3. The molecule has 2 amide bonds. The van der Waals surface area contributed by atoms with E-state index in [1.807, 2.05) is 24.3 Å². The maximum atomic E-state index is 12.9. The lowest BCUT2D eigenvalue weighted by atomic mass is 9.96. The Hall–Kier alpha value is -3.35. The molecule has 0 aromatic heterocycles. The number of carboxylic acid groups (broad SMARTS) is 1. The van der Waals surface area contributed by atoms with Crippen LogP contribution in [0.4, 0.5) is 4.79 Å². The number of nitrogens with one attached hydrogen (secondary N) is 2. The number of alkyl carbamates (subject to hydrolysis) is 1. The highest BCUT2D eigenvalue weighted by Crippen LogP contribution is 2.63. The average Bonchev–Trinajstić information content (AvgIpc) is 3.20. The first kappa shape index (κ1) is 22.4. The fraction of sp³-hybridized carbons (Fsp3) is 0.444. The number of fused-ring (bicyclic) bond motifs is 4. The molecule has 2 aromatic rings. The van der Waals surface area contributed by atoms with Crippen LogP contribution in [0.3, 0.4) is 0 Å². The summed E-state index contributed by atoms with van der Waals surface area (Å²) in [7, 11) is 0. The molecule has 7 nitrogen and oxygen atoms in total. The van der Waals surface area contributed by atoms with Crippen LogP contribution < -0.4 is 10.6 Å². The minimum absolute atomic E-state index is 0.00344. The molecule has 2 fully saturated rings. The van der Waals surface area contributed by atoms with Crippen molar-refractivity contribution in [1.29, 1.82) is 0 Å². The third-order valence-electron chi connectivity index (χ3n) is 7.57. The van der Waals surface area contributed by atoms with Crippen LogP contribution in [0.2, 0.25) is 0 Å². The molecule has 2 saturated carbocycles. The number of ether oxygens (including phenoxy) is 1. The largest absolute Gasteiger partial charge is 0.481 e. The molecule has 7 heteroatoms. The number of hydrogen-bond acceptors (Lipinski definition) is 4. The predicted molar refractivity (Wildman–Crippen MR) is 126 cm³/mol. The van der Waals surface area contributed by atoms with E-state index in [-0.39, 0.29) is 36.8 Å². The summed E-state index contributed by atoms with van der Waals surface area (Å²) in [5.41, 5.74) is 3.38. The minimum Gasteiger partial charge on any atom is -0.481 e. The molecule has 3 N–H and O–H groups in total. The molecule has 0 saturated heterocycles. The number of hydrogen-bond donors (Lipinski definition) is 3. The Balaban J connectivity index is 1.17. The van der Waals surface area contributed by atoms with E-state index in [4.69, 9.17) is 9.84 Å². The van der Waals surface area contributed by atoms with Crippen LogP contribution in [0.5, 0.6) is 0 Å². The van der Waals surface area contributed by atoms with E-state index in [1.54, 1.807) is 13.8 Å². The van der Waals surface area contributed by atoms with Crippen LogP contribution in [-0.4, -0.2) is 41.3 Å². The van der Waals surface area contributed by atoms with Crippen LogP contribution in [0.1, 0.15) is 56.6 Å². The average molecular weight is 463 g/mol. The van der Waals surface area contributed by atoms with Crippen molar-refractivity contribution < 1.29 is 24.2 Å². The van der Waals surface area contributed by atoms with Gasteiger partial charge in [-0.15, -0.1) is 0 Å². The lowest BCUT2D eigenvalue weighted by Crippen LogP contribution is -2.48. The number of rotatable bonds is 7. The molecule has 0 bridgehead atoms. The molecule has 3 aliphatic carbocycles. The molecular weight excluding hydrogens is 432 g/mol. The summed E-state index contributed by atoms with van der Waals surface area (Å²) in [6.07, 6.45) is 1.47. The number of carbonyl (C=O) groups excluding carboxylic acids is 2. The SMILES string of the molecule is CC(C)(CC(=O)O)NC(=O)C12CC(NC(=O)OCC3c4ccccc4-c4ccccc43)CC1C2. The van der Waals surface area contributed by atoms with Crippen molar-refractivity contribution in [3.8, 4) is 11.1 Å². The van der Waals surface area contributed by atoms with E-state index >= 15 is 0 Å². The van der Waals surface area contributed by atoms with Gasteiger partial charge in [0.25, 0.3) is 0 Å². The van der Waals surface area contributed by atoms with Gasteiger partial charge < -0.3 is 20.5 Å². The fourth-order valence-corrected chi connectivity index (χ4v) is 5.95. The number of aliphatic carboxylic acids is 1. The highest BCUT2D eigenvalue weighted by atomic mass is 16.5. The number of carbonyl (C=O) groups is 3. The Morgan fingerprint density at radius 2 is 1.65 bits per heavy atom. The molecule has 0 spiro atoms. The van der Waals surface area contributed by atoms with E-state index in [0.29, 0.717) is 6.42 Å². The van der Waals surface area contributed by atoms with Crippen LogP contribution in [-0.2, 0) is 14.3 Å². The van der Waals surface area contributed by atoms with Crippen molar-refractivity contribution in [3.05, 3.63) is 59.7 Å². The summed E-state index contributed by atoms with van der Waals surface area (Å²) in [6.45, 7) is 3.69. The molecule has 3 aliphatic rings. The lowest BCUT2D eigenvalue weighted by Gasteiger charge is -2.27. The van der Waals surface area contributed by atoms with E-state index in [2.05, 4.69) is 34.9 Å². The quantitative estimate of drug-likeness (QED) is 0.576. The molecule has 0 heterocycles. The van der Waals surface area contributed by atoms with Gasteiger partial charge in [-0.3, -0.25) is 9.59 Å². The maximum absolute atomic E-state index is 12.9. The summed E-state index contributed by atoms with van der Waals surface area (Å²) >= 11 is 0. The number of amides is 2. The van der Waals surface area contributed by atoms with E-state index in [1.165, 1.54) is 22.3 Å². The number of benzene rings is 2. The van der Waals surface area contributed by atoms with Gasteiger partial charge in [-0.1, -0.05) is 48.5 Å². The zero-order valence-corrected chi connectivity index (χ0v) is 19.5. The summed E-state index contributed by atoms with van der Waals surface area (Å²) < 4.78 is 5.65. The highest BCUT2D eigenvalue weighted by molar-refractivity contribution is 5.88. The predicted octanol–water partition coefficient (Wildman–Crippen LogP) is 4.06. The number of carboxylic acids is 1. The summed E-state index contributed by atoms with van der Waals surface area (Å²) in [5, 5.41) is 14.9. The monoisotopic (exact) mass is 462 g/mol. The smallest absolute Gasteiger partial charge is 0.407 e. The Labute approximate surface area is 198 Å². The second kappa shape index (κ2) is 8.15. The van der Waals surface area contributed by atoms with Gasteiger partial charge in [0.1, 0.15) is 6.61 Å². The fourth-order valence-electron chi connectivity index (χ4n) is 5.95. The maximum Gasteiger partial charge on any atom is 0.407 e. The Bertz CT molecular complexity index is 1110. The van der Waals surface area contributed by atoms with E-state index in [9.17, 15) is 14.4 Å². The highest BCUT2D eigenvalue weighted by Gasteiger charge is 2.65. The Morgan fingerprint density at radius 3 is 2.26 bits per heavy atom. The van der Waals surface area contributed by atoms with Crippen molar-refractivity contribution in [2.24, 2.45) is 11.3 Å². The standard InChI is InChI=1S/C27H30N2O5/c1-26(2,14-23(30)31)29-24(32)27-12-16(27)11-17(13-27)28-25(33)34-15-22-20-9-5-3-7-18(20)19-8-4-6-10-21(19)22/h3-10,16-17,22H,11-15H2,1-2H3,(H,28,33)(H,29,32)(H,30,31). The third kappa shape index (κ3) is 4.04. The molecule has 5 rings (SSSR count). The molecule has 0 aliphatic heterocycles. The second-order valence-corrected chi connectivity index (χ2v) is 10.6. The van der Waals surface area contributed by atoms with E-state index in [0.717, 1.165) is 12.8 Å². The Kier molecular flexibility index (Phi) is 5.38. The Morgan fingerprint density at radius 1 is 1.03 bits per heavy atom. The first-order chi connectivity index (χ1) is 16.2. The molecule has 2 aromatic carbocycles. The molecular formula is C27H30N2O5. The third-order valence-corrected chi connectivity index (χ3v) is 7.57. The molecule has 178 valence electrons. The van der Waals surface area contributed by atoms with Gasteiger partial charge in [0.05, 0.1) is 11.8 Å². The van der Waals surface area contributed by atoms with Crippen molar-refractivity contribution in [2.75, 3.05) is 6.61 Å². The van der Waals surface area contributed by atoms with Gasteiger partial charge in [-0.05, 0) is 61.3 Å². The molecule has 3 unspecified atom stereocenters. The van der Waals surface area contributed by atoms with Crippen molar-refractivity contribution in [3.63, 3.8) is 0 Å². The van der Waals surface area contributed by atoms with Gasteiger partial charge >= 0.3 is 12.1 Å². The molecule has 3 atom stereocenters. The van der Waals surface area contributed by atoms with Crippen molar-refractivity contribution >= 4 is 18.0 Å². The minimum atomic E-state index is -0.948. The molecule has 34 heavy (non-hydrogen) atoms. The van der Waals surface area contributed by atoms with Crippen LogP contribution >= 0.6 is 0 Å². The molecule has 0 radical (unpaired) electrons. The first-order valence-electron chi connectivity index (χ1n) is 11.8. The zero-order valence-electron chi connectivity index (χ0n) is 19.5. The van der Waals surface area contributed by atoms with Crippen molar-refractivity contribution in [2.45, 2.75) is 57.0 Å². The van der Waals surface area contributed by atoms with Gasteiger partial charge in [0.2, 0.25) is 5.91 Å². The normalized spacial score (nSPS) is 24.5. The lowest BCUT2D eigenvalue weighted by molar-refractivity contribution is -0.139. The van der Waals surface area contributed by atoms with Gasteiger partial charge in [0, 0.05) is 17.5 Å². The first-order valence-corrected chi connectivity index (χ1v) is 11.8. The van der Waals surface area contributed by atoms with Crippen LogP contribution in [0.25, 0.3) is 11.1 Å². The summed E-state index contributed by atoms with van der Waals surface area (Å²) in [4.78, 5) is 36.6. The van der Waals surface area contributed by atoms with Gasteiger partial charge in [0.15, 0.2) is 0 Å².